The van der Waals surface area contributed by atoms with Gasteiger partial charge in [0.25, 0.3) is 0 Å². The van der Waals surface area contributed by atoms with Crippen LogP contribution in [0, 0.1) is 0 Å². The molecular weight excluding hydrogens is 272 g/mol. The number of rotatable bonds is 3. The van der Waals surface area contributed by atoms with Gasteiger partial charge in [-0.1, -0.05) is 41.9 Å². The summed E-state index contributed by atoms with van der Waals surface area (Å²) in [5.74, 6) is 0. The number of halogens is 1. The molecule has 2 aromatic rings. The minimum Gasteiger partial charge on any atom is -0.394 e. The Kier molecular flexibility index (Phi) is 3.72. The van der Waals surface area contributed by atoms with Gasteiger partial charge in [-0.05, 0) is 29.8 Å². The predicted molar refractivity (Wildman–Crippen MR) is 82.4 cm³/mol. The van der Waals surface area contributed by atoms with Crippen LogP contribution in [0.1, 0.15) is 12.0 Å². The molecule has 0 bridgehead atoms. The Balaban J connectivity index is 1.92. The Morgan fingerprint density at radius 3 is 2.45 bits per heavy atom. The van der Waals surface area contributed by atoms with E-state index in [1.165, 1.54) is 0 Å². The van der Waals surface area contributed by atoms with Gasteiger partial charge in [0.2, 0.25) is 0 Å². The molecule has 1 aliphatic rings. The summed E-state index contributed by atoms with van der Waals surface area (Å²) < 4.78 is 0. The smallest absolute Gasteiger partial charge is 0.0813 e. The van der Waals surface area contributed by atoms with Gasteiger partial charge in [-0.15, -0.1) is 0 Å². The number of anilines is 1. The lowest BCUT2D eigenvalue weighted by molar-refractivity contribution is 0.266. The number of nitrogens with zero attached hydrogens (tertiary/aromatic N) is 2. The molecule has 0 aliphatic carbocycles. The molecule has 1 heterocycles. The van der Waals surface area contributed by atoms with Gasteiger partial charge in [0, 0.05) is 11.4 Å². The molecule has 20 heavy (non-hydrogen) atoms. The molecule has 1 atom stereocenters. The fourth-order valence-electron chi connectivity index (χ4n) is 2.37. The van der Waals surface area contributed by atoms with E-state index in [2.05, 4.69) is 5.10 Å². The Morgan fingerprint density at radius 1 is 1.10 bits per heavy atom. The van der Waals surface area contributed by atoms with Crippen LogP contribution in [0.4, 0.5) is 5.69 Å². The van der Waals surface area contributed by atoms with Crippen molar-refractivity contribution >= 4 is 23.0 Å². The van der Waals surface area contributed by atoms with Crippen LogP contribution in [-0.4, -0.2) is 23.5 Å². The molecule has 3 rings (SSSR count). The van der Waals surface area contributed by atoms with Gasteiger partial charge in [-0.3, -0.25) is 5.01 Å². The maximum absolute atomic E-state index is 9.57. The minimum absolute atomic E-state index is 0.0110. The van der Waals surface area contributed by atoms with Gasteiger partial charge >= 0.3 is 0 Å². The molecule has 0 aromatic heterocycles. The summed E-state index contributed by atoms with van der Waals surface area (Å²) in [6.45, 7) is 0.0789. The third-order valence-corrected chi connectivity index (χ3v) is 3.66. The van der Waals surface area contributed by atoms with E-state index in [9.17, 15) is 5.11 Å². The third kappa shape index (κ3) is 2.55. The van der Waals surface area contributed by atoms with Crippen LogP contribution in [0.15, 0.2) is 59.7 Å². The van der Waals surface area contributed by atoms with Crippen LogP contribution in [-0.2, 0) is 0 Å². The number of hydrogen-bond acceptors (Lipinski definition) is 3. The molecule has 0 spiro atoms. The van der Waals surface area contributed by atoms with Crippen molar-refractivity contribution in [3.05, 3.63) is 65.2 Å². The minimum atomic E-state index is -0.0110. The molecule has 0 fully saturated rings. The second-order valence-corrected chi connectivity index (χ2v) is 5.21. The Bertz CT molecular complexity index is 610. The highest BCUT2D eigenvalue weighted by molar-refractivity contribution is 6.30. The first kappa shape index (κ1) is 13.2. The van der Waals surface area contributed by atoms with Crippen molar-refractivity contribution in [2.45, 2.75) is 12.5 Å². The average molecular weight is 287 g/mol. The second kappa shape index (κ2) is 5.65. The number of benzene rings is 2. The summed E-state index contributed by atoms with van der Waals surface area (Å²) >= 11 is 5.91. The number of hydrazone groups is 1. The number of para-hydroxylation sites is 1. The van der Waals surface area contributed by atoms with Crippen molar-refractivity contribution in [3.63, 3.8) is 0 Å². The maximum atomic E-state index is 9.57. The van der Waals surface area contributed by atoms with Gasteiger partial charge < -0.3 is 5.11 Å². The van der Waals surface area contributed by atoms with Gasteiger partial charge in [0.1, 0.15) is 0 Å². The van der Waals surface area contributed by atoms with Crippen LogP contribution in [0.2, 0.25) is 5.02 Å². The van der Waals surface area contributed by atoms with Crippen molar-refractivity contribution in [3.8, 4) is 0 Å². The normalized spacial score (nSPS) is 18.2. The van der Waals surface area contributed by atoms with E-state index in [4.69, 9.17) is 11.6 Å². The highest BCUT2D eigenvalue weighted by Gasteiger charge is 2.27. The summed E-state index contributed by atoms with van der Waals surface area (Å²) in [6.07, 6.45) is 0.729. The Labute approximate surface area is 123 Å². The van der Waals surface area contributed by atoms with Gasteiger partial charge in [-0.2, -0.15) is 5.10 Å². The number of aliphatic hydroxyl groups is 1. The zero-order chi connectivity index (χ0) is 13.9. The van der Waals surface area contributed by atoms with Crippen LogP contribution in [0.5, 0.6) is 0 Å². The van der Waals surface area contributed by atoms with Gasteiger partial charge in [0.15, 0.2) is 0 Å². The fraction of sp³-hybridized carbons (Fsp3) is 0.188. The van der Waals surface area contributed by atoms with Crippen LogP contribution in [0.3, 0.4) is 0 Å². The van der Waals surface area contributed by atoms with Gasteiger partial charge in [0.05, 0.1) is 24.0 Å². The van der Waals surface area contributed by atoms with E-state index < -0.39 is 0 Å². The zero-order valence-electron chi connectivity index (χ0n) is 10.9. The number of aliphatic hydroxyl groups excluding tert-OH is 1. The third-order valence-electron chi connectivity index (χ3n) is 3.41. The van der Waals surface area contributed by atoms with Crippen molar-refractivity contribution in [1.29, 1.82) is 0 Å². The van der Waals surface area contributed by atoms with Crippen molar-refractivity contribution < 1.29 is 5.11 Å². The van der Waals surface area contributed by atoms with E-state index in [-0.39, 0.29) is 12.6 Å². The van der Waals surface area contributed by atoms with Crippen molar-refractivity contribution in [1.82, 2.24) is 0 Å². The average Bonchev–Trinajstić information content (AvgIpc) is 2.93. The quantitative estimate of drug-likeness (QED) is 0.939. The van der Waals surface area contributed by atoms with Crippen LogP contribution >= 0.6 is 11.6 Å². The lowest BCUT2D eigenvalue weighted by atomic mass is 10.0. The summed E-state index contributed by atoms with van der Waals surface area (Å²) in [4.78, 5) is 0. The van der Waals surface area contributed by atoms with E-state index in [0.29, 0.717) is 5.02 Å². The highest BCUT2D eigenvalue weighted by Crippen LogP contribution is 2.26. The van der Waals surface area contributed by atoms with Crippen molar-refractivity contribution in [2.75, 3.05) is 11.6 Å². The van der Waals surface area contributed by atoms with E-state index in [1.807, 2.05) is 59.6 Å². The molecular formula is C16H15ClN2O. The van der Waals surface area contributed by atoms with E-state index >= 15 is 0 Å². The topological polar surface area (TPSA) is 35.8 Å². The molecule has 0 radical (unpaired) electrons. The first-order valence-corrected chi connectivity index (χ1v) is 6.94. The van der Waals surface area contributed by atoms with E-state index in [1.54, 1.807) is 0 Å². The molecule has 0 saturated heterocycles. The monoisotopic (exact) mass is 286 g/mol. The van der Waals surface area contributed by atoms with E-state index in [0.717, 1.165) is 23.4 Å². The van der Waals surface area contributed by atoms with Crippen LogP contribution in [0.25, 0.3) is 0 Å². The summed E-state index contributed by atoms with van der Waals surface area (Å²) in [7, 11) is 0. The fourth-order valence-corrected chi connectivity index (χ4v) is 2.50. The molecule has 4 heteroatoms. The second-order valence-electron chi connectivity index (χ2n) is 4.77. The SMILES string of the molecule is OCC1CC(c2ccc(Cl)cc2)=NN1c1ccccc1. The molecule has 0 amide bonds. The first-order chi connectivity index (χ1) is 9.78. The first-order valence-electron chi connectivity index (χ1n) is 6.56. The highest BCUT2D eigenvalue weighted by atomic mass is 35.5. The van der Waals surface area contributed by atoms with Crippen molar-refractivity contribution in [2.24, 2.45) is 5.10 Å². The molecule has 1 unspecified atom stereocenters. The standard InChI is InChI=1S/C16H15ClN2O/c17-13-8-6-12(7-9-13)16-10-15(11-20)19(18-16)14-4-2-1-3-5-14/h1-9,15,20H,10-11H2. The van der Waals surface area contributed by atoms with Gasteiger partial charge in [-0.25, -0.2) is 0 Å². The summed E-state index contributed by atoms with van der Waals surface area (Å²) in [5.41, 5.74) is 3.02. The maximum Gasteiger partial charge on any atom is 0.0813 e. The summed E-state index contributed by atoms with van der Waals surface area (Å²) in [6, 6.07) is 17.5. The Hall–Kier alpha value is -1.84. The Morgan fingerprint density at radius 2 is 1.80 bits per heavy atom. The molecule has 3 nitrogen and oxygen atoms in total. The summed E-state index contributed by atoms with van der Waals surface area (Å²) in [5, 5.41) is 16.8. The predicted octanol–water partition coefficient (Wildman–Crippen LogP) is 3.32. The molecule has 2 aromatic carbocycles. The molecule has 1 N–H and O–H groups in total. The molecule has 1 aliphatic heterocycles. The van der Waals surface area contributed by atoms with Crippen LogP contribution < -0.4 is 5.01 Å². The molecule has 0 saturated carbocycles. The zero-order valence-corrected chi connectivity index (χ0v) is 11.7. The lowest BCUT2D eigenvalue weighted by Gasteiger charge is -2.21. The lowest BCUT2D eigenvalue weighted by Crippen LogP contribution is -2.29. The largest absolute Gasteiger partial charge is 0.394 e. The number of hydrogen-bond donors (Lipinski definition) is 1. The molecule has 102 valence electrons.